The average Bonchev–Trinajstić information content (AvgIpc) is 3.41. The van der Waals surface area contributed by atoms with Gasteiger partial charge in [0.05, 0.1) is 29.2 Å². The number of nitro groups is 1. The summed E-state index contributed by atoms with van der Waals surface area (Å²) in [5, 5.41) is 11.4. The predicted octanol–water partition coefficient (Wildman–Crippen LogP) is 3.36. The first-order chi connectivity index (χ1) is 17.8. The molecule has 1 fully saturated rings. The van der Waals surface area contributed by atoms with Crippen LogP contribution in [0.4, 0.5) is 17.1 Å². The number of hydrogen-bond donors (Lipinski definition) is 0. The fourth-order valence-corrected chi connectivity index (χ4v) is 4.42. The highest BCUT2D eigenvalue weighted by Crippen LogP contribution is 2.35. The summed E-state index contributed by atoms with van der Waals surface area (Å²) in [5.41, 5.74) is -0.114. The molecule has 2 heterocycles. The quantitative estimate of drug-likeness (QED) is 0.165. The lowest BCUT2D eigenvalue weighted by molar-refractivity contribution is -0.385. The van der Waals surface area contributed by atoms with Crippen molar-refractivity contribution >= 4 is 40.8 Å². The summed E-state index contributed by atoms with van der Waals surface area (Å²) in [6, 6.07) is 16.4. The number of ether oxygens (including phenoxy) is 2. The minimum atomic E-state index is -0.840. The third kappa shape index (κ3) is 4.16. The zero-order valence-electron chi connectivity index (χ0n) is 19.5. The van der Waals surface area contributed by atoms with E-state index in [9.17, 15) is 29.3 Å². The molecule has 0 saturated carbocycles. The van der Waals surface area contributed by atoms with Crippen LogP contribution in [0.15, 0.2) is 66.7 Å². The Morgan fingerprint density at radius 3 is 2.38 bits per heavy atom. The largest absolute Gasteiger partial charge is 0.497 e. The van der Waals surface area contributed by atoms with Gasteiger partial charge in [0.25, 0.3) is 17.5 Å². The molecule has 0 aromatic heterocycles. The maximum Gasteiger partial charge on any atom is 0.316 e. The summed E-state index contributed by atoms with van der Waals surface area (Å²) < 4.78 is 10.6. The van der Waals surface area contributed by atoms with Crippen LogP contribution in [-0.2, 0) is 9.59 Å². The summed E-state index contributed by atoms with van der Waals surface area (Å²) >= 11 is 0. The molecule has 0 spiro atoms. The summed E-state index contributed by atoms with van der Waals surface area (Å²) in [6.07, 6.45) is -0.0351. The molecule has 0 N–H and O–H groups in total. The number of benzene rings is 3. The Bertz CT molecular complexity index is 1470. The average molecular weight is 501 g/mol. The van der Waals surface area contributed by atoms with E-state index in [1.165, 1.54) is 48.4 Å². The van der Waals surface area contributed by atoms with Crippen molar-refractivity contribution in [1.82, 2.24) is 0 Å². The molecule has 11 heteroatoms. The van der Waals surface area contributed by atoms with Gasteiger partial charge in [0.15, 0.2) is 0 Å². The second kappa shape index (κ2) is 9.19. The fraction of sp³-hybridized carbons (Fsp3) is 0.154. The topological polar surface area (TPSA) is 136 Å². The molecule has 11 nitrogen and oxygen atoms in total. The standard InChI is InChI=1S/C26H19N3O8/c1-36-18-10-8-16(9-11-18)27-14-15(12-22(27)30)26(33)37-19-5-2-4-17(13-19)28-24(31)20-6-3-7-21(29(34)35)23(20)25(28)32/h2-11,13,15H,12,14H2,1H3/t15-/m0/s1. The molecule has 2 aliphatic heterocycles. The number of methoxy groups -OCH3 is 1. The number of imide groups is 1. The smallest absolute Gasteiger partial charge is 0.316 e. The van der Waals surface area contributed by atoms with E-state index in [1.54, 1.807) is 24.3 Å². The molecular formula is C26H19N3O8. The van der Waals surface area contributed by atoms with Crippen LogP contribution in [0.25, 0.3) is 0 Å². The normalized spacial score (nSPS) is 16.7. The molecule has 0 radical (unpaired) electrons. The minimum absolute atomic E-state index is 0.0351. The van der Waals surface area contributed by atoms with Crippen molar-refractivity contribution in [3.05, 3.63) is 88.0 Å². The number of anilines is 2. The molecule has 0 bridgehead atoms. The van der Waals surface area contributed by atoms with Gasteiger partial charge in [-0.15, -0.1) is 0 Å². The van der Waals surface area contributed by atoms with Gasteiger partial charge >= 0.3 is 5.97 Å². The highest BCUT2D eigenvalue weighted by atomic mass is 16.6. The van der Waals surface area contributed by atoms with E-state index in [-0.39, 0.29) is 41.4 Å². The number of hydrogen-bond acceptors (Lipinski definition) is 8. The first-order valence-corrected chi connectivity index (χ1v) is 11.2. The lowest BCUT2D eigenvalue weighted by atomic mass is 10.1. The van der Waals surface area contributed by atoms with Crippen molar-refractivity contribution in [3.63, 3.8) is 0 Å². The van der Waals surface area contributed by atoms with Crippen molar-refractivity contribution in [2.75, 3.05) is 23.5 Å². The molecule has 1 saturated heterocycles. The molecule has 37 heavy (non-hydrogen) atoms. The Morgan fingerprint density at radius 2 is 1.68 bits per heavy atom. The first-order valence-electron chi connectivity index (χ1n) is 11.2. The molecule has 0 aliphatic carbocycles. The van der Waals surface area contributed by atoms with Gasteiger partial charge in [-0.2, -0.15) is 0 Å². The van der Waals surface area contributed by atoms with Gasteiger partial charge in [0.1, 0.15) is 17.1 Å². The lowest BCUT2D eigenvalue weighted by Crippen LogP contribution is -2.29. The number of fused-ring (bicyclic) bond motifs is 1. The van der Waals surface area contributed by atoms with E-state index >= 15 is 0 Å². The Balaban J connectivity index is 1.32. The van der Waals surface area contributed by atoms with E-state index in [0.29, 0.717) is 11.4 Å². The van der Waals surface area contributed by atoms with Crippen molar-refractivity contribution in [2.45, 2.75) is 6.42 Å². The summed E-state index contributed by atoms with van der Waals surface area (Å²) in [6.45, 7) is 0.131. The molecule has 5 rings (SSSR count). The molecule has 3 aromatic rings. The number of nitrogens with zero attached hydrogens (tertiary/aromatic N) is 3. The van der Waals surface area contributed by atoms with Crippen LogP contribution in [0.2, 0.25) is 0 Å². The second-order valence-electron chi connectivity index (χ2n) is 8.42. The molecule has 186 valence electrons. The molecular weight excluding hydrogens is 482 g/mol. The van der Waals surface area contributed by atoms with Gasteiger partial charge in [-0.05, 0) is 42.5 Å². The number of esters is 1. The Morgan fingerprint density at radius 1 is 0.946 bits per heavy atom. The zero-order valence-corrected chi connectivity index (χ0v) is 19.5. The third-order valence-corrected chi connectivity index (χ3v) is 6.23. The molecule has 3 amide bonds. The van der Waals surface area contributed by atoms with Gasteiger partial charge in [-0.25, -0.2) is 4.90 Å². The highest BCUT2D eigenvalue weighted by Gasteiger charge is 2.42. The van der Waals surface area contributed by atoms with E-state index in [2.05, 4.69) is 0 Å². The first kappa shape index (κ1) is 23.7. The second-order valence-corrected chi connectivity index (χ2v) is 8.42. The summed E-state index contributed by atoms with van der Waals surface area (Å²) in [4.78, 5) is 64.2. The SMILES string of the molecule is COc1ccc(N2C[C@@H](C(=O)Oc3cccc(N4C(=O)c5cccc([N+](=O)[O-])c5C4=O)c3)CC2=O)cc1. The Labute approximate surface area is 209 Å². The fourth-order valence-electron chi connectivity index (χ4n) is 4.42. The van der Waals surface area contributed by atoms with Crippen molar-refractivity contribution in [2.24, 2.45) is 5.92 Å². The van der Waals surface area contributed by atoms with Crippen LogP contribution < -0.4 is 19.3 Å². The van der Waals surface area contributed by atoms with Gasteiger partial charge in [0.2, 0.25) is 5.91 Å². The monoisotopic (exact) mass is 501 g/mol. The Hall–Kier alpha value is -5.06. The third-order valence-electron chi connectivity index (χ3n) is 6.23. The van der Waals surface area contributed by atoms with Crippen molar-refractivity contribution in [1.29, 1.82) is 0 Å². The van der Waals surface area contributed by atoms with Crippen LogP contribution >= 0.6 is 0 Å². The van der Waals surface area contributed by atoms with E-state index in [4.69, 9.17) is 9.47 Å². The lowest BCUT2D eigenvalue weighted by Gasteiger charge is -2.17. The van der Waals surface area contributed by atoms with Crippen LogP contribution in [0.1, 0.15) is 27.1 Å². The van der Waals surface area contributed by atoms with Gasteiger partial charge < -0.3 is 14.4 Å². The van der Waals surface area contributed by atoms with Crippen LogP contribution in [-0.4, -0.2) is 42.3 Å². The molecule has 2 aliphatic rings. The number of amides is 3. The van der Waals surface area contributed by atoms with E-state index < -0.39 is 34.3 Å². The van der Waals surface area contributed by atoms with Crippen LogP contribution in [0.3, 0.4) is 0 Å². The Kier molecular flexibility index (Phi) is 5.88. The van der Waals surface area contributed by atoms with Gasteiger partial charge in [0, 0.05) is 30.8 Å². The highest BCUT2D eigenvalue weighted by molar-refractivity contribution is 6.35. The van der Waals surface area contributed by atoms with Crippen molar-refractivity contribution < 1.29 is 33.6 Å². The summed E-state index contributed by atoms with van der Waals surface area (Å²) in [7, 11) is 1.54. The maximum atomic E-state index is 13.0. The molecule has 0 unspecified atom stereocenters. The van der Waals surface area contributed by atoms with Crippen LogP contribution in [0.5, 0.6) is 11.5 Å². The number of rotatable bonds is 6. The molecule has 3 aromatic carbocycles. The summed E-state index contributed by atoms with van der Waals surface area (Å²) in [5.74, 6) is -2.45. The predicted molar refractivity (Wildman–Crippen MR) is 130 cm³/mol. The number of nitro benzene ring substituents is 1. The van der Waals surface area contributed by atoms with Crippen LogP contribution in [0, 0.1) is 16.0 Å². The van der Waals surface area contributed by atoms with Crippen molar-refractivity contribution in [3.8, 4) is 11.5 Å². The number of carbonyl (C=O) groups is 4. The van der Waals surface area contributed by atoms with Gasteiger partial charge in [-0.3, -0.25) is 29.3 Å². The van der Waals surface area contributed by atoms with E-state index in [0.717, 1.165) is 11.0 Å². The van der Waals surface area contributed by atoms with E-state index in [1.807, 2.05) is 0 Å². The molecule has 1 atom stereocenters. The minimum Gasteiger partial charge on any atom is -0.497 e. The maximum absolute atomic E-state index is 13.0. The van der Waals surface area contributed by atoms with Gasteiger partial charge in [-0.1, -0.05) is 12.1 Å². The number of carbonyl (C=O) groups excluding carboxylic acids is 4. The zero-order chi connectivity index (χ0) is 26.3.